The fourth-order valence-electron chi connectivity index (χ4n) is 3.47. The molecule has 0 aliphatic rings. The minimum atomic E-state index is -0.953. The molecule has 0 saturated carbocycles. The molecule has 2 aromatic heterocycles. The minimum Gasteiger partial charge on any atom is -0.479 e. The first kappa shape index (κ1) is 29.6. The van der Waals surface area contributed by atoms with Crippen LogP contribution in [0.2, 0.25) is 0 Å². The summed E-state index contributed by atoms with van der Waals surface area (Å²) in [6.45, 7) is 9.21. The number of ether oxygens (including phenoxy) is 3. The zero-order chi connectivity index (χ0) is 28.7. The number of benzene rings is 1. The molecule has 3 N–H and O–H groups in total. The molecular weight excluding hydrogens is 529 g/mol. The molecule has 2 amide bonds. The van der Waals surface area contributed by atoms with E-state index < -0.39 is 35.5 Å². The van der Waals surface area contributed by atoms with E-state index in [-0.39, 0.29) is 12.3 Å². The summed E-state index contributed by atoms with van der Waals surface area (Å²) in [5, 5.41) is 9.07. The number of esters is 1. The fraction of sp³-hybridized carbons (Fsp3) is 0.423. The van der Waals surface area contributed by atoms with Crippen molar-refractivity contribution in [3.8, 4) is 5.75 Å². The van der Waals surface area contributed by atoms with Gasteiger partial charge in [0.15, 0.2) is 6.10 Å². The molecule has 0 aliphatic heterocycles. The summed E-state index contributed by atoms with van der Waals surface area (Å²) < 4.78 is 29.9. The molecular formula is C26H32FN5O6S. The Morgan fingerprint density at radius 1 is 1.13 bits per heavy atom. The van der Waals surface area contributed by atoms with Gasteiger partial charge in [-0.25, -0.2) is 23.9 Å². The van der Waals surface area contributed by atoms with E-state index >= 15 is 0 Å². The van der Waals surface area contributed by atoms with Crippen molar-refractivity contribution in [2.24, 2.45) is 0 Å². The first-order chi connectivity index (χ1) is 18.4. The molecule has 0 aliphatic carbocycles. The maximum absolute atomic E-state index is 14.1. The first-order valence-electron chi connectivity index (χ1n) is 12.2. The summed E-state index contributed by atoms with van der Waals surface area (Å²) >= 11 is 1.18. The lowest BCUT2D eigenvalue weighted by Crippen LogP contribution is -2.38. The number of aromatic nitrogens is 2. The lowest BCUT2D eigenvalue weighted by molar-refractivity contribution is -0.127. The lowest BCUT2D eigenvalue weighted by atomic mass is 10.2. The molecule has 11 nitrogen and oxygen atoms in total. The number of fused-ring (bicyclic) bond motifs is 1. The van der Waals surface area contributed by atoms with E-state index in [1.807, 2.05) is 0 Å². The van der Waals surface area contributed by atoms with E-state index in [1.165, 1.54) is 43.8 Å². The van der Waals surface area contributed by atoms with Crippen LogP contribution in [0.5, 0.6) is 5.75 Å². The molecule has 39 heavy (non-hydrogen) atoms. The predicted octanol–water partition coefficient (Wildman–Crippen LogP) is 4.47. The third-order valence-electron chi connectivity index (χ3n) is 5.29. The summed E-state index contributed by atoms with van der Waals surface area (Å²) in [5.41, 5.74) is 0.412. The maximum atomic E-state index is 14.1. The third-order valence-corrected chi connectivity index (χ3v) is 6.47. The second kappa shape index (κ2) is 12.7. The normalized spacial score (nSPS) is 12.0. The topological polar surface area (TPSA) is 141 Å². The van der Waals surface area contributed by atoms with Gasteiger partial charge in [-0.1, -0.05) is 0 Å². The SMILES string of the molecule is COC(=O)c1sc2ncnc(Nc3ccc(F)cc3OC(C)C(=O)NCCCNC(=O)OC(C)(C)C)c2c1C. The summed E-state index contributed by atoms with van der Waals surface area (Å²) in [5.74, 6) is -0.966. The Kier molecular flexibility index (Phi) is 9.62. The van der Waals surface area contributed by atoms with Crippen LogP contribution in [0.4, 0.5) is 20.7 Å². The monoisotopic (exact) mass is 561 g/mol. The van der Waals surface area contributed by atoms with Crippen LogP contribution in [0.3, 0.4) is 0 Å². The zero-order valence-electron chi connectivity index (χ0n) is 22.6. The summed E-state index contributed by atoms with van der Waals surface area (Å²) in [6.07, 6.45) is 0.337. The summed E-state index contributed by atoms with van der Waals surface area (Å²) in [4.78, 5) is 45.9. The predicted molar refractivity (Wildman–Crippen MR) is 145 cm³/mol. The van der Waals surface area contributed by atoms with Gasteiger partial charge in [-0.15, -0.1) is 11.3 Å². The van der Waals surface area contributed by atoms with E-state index in [0.29, 0.717) is 45.1 Å². The van der Waals surface area contributed by atoms with Crippen LogP contribution >= 0.6 is 11.3 Å². The van der Waals surface area contributed by atoms with Crippen molar-refractivity contribution in [2.75, 3.05) is 25.5 Å². The van der Waals surface area contributed by atoms with Gasteiger partial charge in [-0.2, -0.15) is 0 Å². The van der Waals surface area contributed by atoms with Gasteiger partial charge in [-0.3, -0.25) is 4.79 Å². The Hall–Kier alpha value is -4.00. The van der Waals surface area contributed by atoms with Gasteiger partial charge in [-0.05, 0) is 58.7 Å². The molecule has 2 heterocycles. The minimum absolute atomic E-state index is 0.0945. The average molecular weight is 562 g/mol. The molecule has 13 heteroatoms. The highest BCUT2D eigenvalue weighted by Gasteiger charge is 2.22. The highest BCUT2D eigenvalue weighted by Crippen LogP contribution is 2.36. The summed E-state index contributed by atoms with van der Waals surface area (Å²) in [6, 6.07) is 3.88. The fourth-order valence-corrected chi connectivity index (χ4v) is 4.54. The van der Waals surface area contributed by atoms with Crippen LogP contribution in [-0.2, 0) is 14.3 Å². The molecule has 0 radical (unpaired) electrons. The number of carbonyl (C=O) groups is 3. The van der Waals surface area contributed by atoms with Gasteiger partial charge in [0.25, 0.3) is 5.91 Å². The quantitative estimate of drug-likeness (QED) is 0.242. The molecule has 3 rings (SSSR count). The Balaban J connectivity index is 1.65. The Morgan fingerprint density at radius 2 is 1.85 bits per heavy atom. The van der Waals surface area contributed by atoms with E-state index in [2.05, 4.69) is 25.9 Å². The van der Waals surface area contributed by atoms with Crippen LogP contribution < -0.4 is 20.7 Å². The molecule has 1 unspecified atom stereocenters. The number of aryl methyl sites for hydroxylation is 1. The van der Waals surface area contributed by atoms with Gasteiger partial charge in [0.05, 0.1) is 18.2 Å². The van der Waals surface area contributed by atoms with Crippen LogP contribution in [0.15, 0.2) is 24.5 Å². The van der Waals surface area contributed by atoms with Crippen molar-refractivity contribution < 1.29 is 33.0 Å². The van der Waals surface area contributed by atoms with Gasteiger partial charge in [0.1, 0.15) is 39.0 Å². The molecule has 210 valence electrons. The molecule has 0 fully saturated rings. The van der Waals surface area contributed by atoms with E-state index in [4.69, 9.17) is 14.2 Å². The number of nitrogens with zero attached hydrogens (tertiary/aromatic N) is 2. The smallest absolute Gasteiger partial charge is 0.407 e. The molecule has 3 aromatic rings. The number of halogens is 1. The molecule has 1 aromatic carbocycles. The number of thiophene rings is 1. The van der Waals surface area contributed by atoms with Gasteiger partial charge >= 0.3 is 12.1 Å². The standard InChI is InChI=1S/C26H32FN5O6S/c1-14-19-21(30-13-31-23(19)39-20(14)24(34)36-6)32-17-9-8-16(27)12-18(17)37-15(2)22(33)28-10-7-11-29-25(35)38-26(3,4)5/h8-9,12-13,15H,7,10-11H2,1-6H3,(H,28,33)(H,29,35)(H,30,31,32). The van der Waals surface area contributed by atoms with Gasteiger partial charge < -0.3 is 30.2 Å². The van der Waals surface area contributed by atoms with Crippen LogP contribution in [0.1, 0.15) is 49.4 Å². The molecule has 0 bridgehead atoms. The lowest BCUT2D eigenvalue weighted by Gasteiger charge is -2.20. The number of anilines is 2. The molecule has 0 spiro atoms. The first-order valence-corrected chi connectivity index (χ1v) is 13.0. The van der Waals surface area contributed by atoms with Crippen molar-refractivity contribution in [3.05, 3.63) is 40.8 Å². The van der Waals surface area contributed by atoms with Crippen LogP contribution in [0, 0.1) is 12.7 Å². The number of hydrogen-bond donors (Lipinski definition) is 3. The number of nitrogens with one attached hydrogen (secondary N) is 3. The largest absolute Gasteiger partial charge is 0.479 e. The van der Waals surface area contributed by atoms with Crippen LogP contribution in [0.25, 0.3) is 10.2 Å². The highest BCUT2D eigenvalue weighted by atomic mass is 32.1. The zero-order valence-corrected chi connectivity index (χ0v) is 23.5. The van der Waals surface area contributed by atoms with Crippen molar-refractivity contribution in [2.45, 2.75) is 52.7 Å². The number of amides is 2. The van der Waals surface area contributed by atoms with E-state index in [1.54, 1.807) is 27.7 Å². The van der Waals surface area contributed by atoms with Crippen molar-refractivity contribution in [3.63, 3.8) is 0 Å². The Morgan fingerprint density at radius 3 is 2.54 bits per heavy atom. The average Bonchev–Trinajstić information content (AvgIpc) is 3.21. The Labute approximate surface area is 229 Å². The van der Waals surface area contributed by atoms with Gasteiger partial charge in [0.2, 0.25) is 0 Å². The maximum Gasteiger partial charge on any atom is 0.407 e. The highest BCUT2D eigenvalue weighted by molar-refractivity contribution is 7.20. The Bertz CT molecular complexity index is 1360. The van der Waals surface area contributed by atoms with Crippen molar-refractivity contribution in [1.29, 1.82) is 0 Å². The van der Waals surface area contributed by atoms with Crippen LogP contribution in [-0.4, -0.2) is 59.8 Å². The van der Waals surface area contributed by atoms with E-state index in [9.17, 15) is 18.8 Å². The van der Waals surface area contributed by atoms with E-state index in [0.717, 1.165) is 6.07 Å². The van der Waals surface area contributed by atoms with Gasteiger partial charge in [0, 0.05) is 19.2 Å². The molecule has 1 atom stereocenters. The number of hydrogen-bond acceptors (Lipinski definition) is 10. The number of carbonyl (C=O) groups excluding carboxylic acids is 3. The second-order valence-corrected chi connectivity index (χ2v) is 10.5. The number of alkyl carbamates (subject to hydrolysis) is 1. The summed E-state index contributed by atoms with van der Waals surface area (Å²) in [7, 11) is 1.30. The third kappa shape index (κ3) is 7.99. The van der Waals surface area contributed by atoms with Crippen molar-refractivity contribution in [1.82, 2.24) is 20.6 Å². The number of rotatable bonds is 10. The second-order valence-electron chi connectivity index (χ2n) is 9.55. The number of methoxy groups -OCH3 is 1. The molecule has 0 saturated heterocycles. The van der Waals surface area contributed by atoms with Crippen molar-refractivity contribution >= 4 is 51.0 Å².